The van der Waals surface area contributed by atoms with Crippen molar-refractivity contribution in [3.8, 4) is 0 Å². The SMILES string of the molecule is [CH]C1(OC(C)=O)C=C(OC(C)=O)C=CC1. The van der Waals surface area contributed by atoms with Crippen LogP contribution in [0.4, 0.5) is 0 Å². The zero-order valence-corrected chi connectivity index (χ0v) is 8.65. The highest BCUT2D eigenvalue weighted by Gasteiger charge is 2.27. The summed E-state index contributed by atoms with van der Waals surface area (Å²) in [6.45, 7) is 8.32. The molecule has 0 aliphatic heterocycles. The van der Waals surface area contributed by atoms with E-state index in [4.69, 9.17) is 16.4 Å². The Labute approximate surface area is 88.6 Å². The van der Waals surface area contributed by atoms with Crippen molar-refractivity contribution in [3.63, 3.8) is 0 Å². The molecule has 15 heavy (non-hydrogen) atoms. The number of ether oxygens (including phenoxy) is 2. The Morgan fingerprint density at radius 3 is 2.60 bits per heavy atom. The summed E-state index contributed by atoms with van der Waals surface area (Å²) < 4.78 is 9.74. The van der Waals surface area contributed by atoms with Crippen LogP contribution >= 0.6 is 0 Å². The quantitative estimate of drug-likeness (QED) is 0.644. The Hall–Kier alpha value is -1.58. The fraction of sp³-hybridized carbons (Fsp3) is 0.364. The molecule has 1 unspecified atom stereocenters. The predicted molar refractivity (Wildman–Crippen MR) is 52.4 cm³/mol. The van der Waals surface area contributed by atoms with Crippen LogP contribution in [-0.2, 0) is 19.1 Å². The lowest BCUT2D eigenvalue weighted by Crippen LogP contribution is -2.30. The second kappa shape index (κ2) is 4.29. The molecule has 0 aromatic carbocycles. The number of allylic oxidation sites excluding steroid dienone is 1. The van der Waals surface area contributed by atoms with Gasteiger partial charge in [0.05, 0.1) is 0 Å². The lowest BCUT2D eigenvalue weighted by Gasteiger charge is -2.26. The monoisotopic (exact) mass is 208 g/mol. The van der Waals surface area contributed by atoms with Crippen LogP contribution < -0.4 is 0 Å². The van der Waals surface area contributed by atoms with Crippen LogP contribution in [0, 0.1) is 6.92 Å². The van der Waals surface area contributed by atoms with Gasteiger partial charge in [0, 0.05) is 33.3 Å². The lowest BCUT2D eigenvalue weighted by molar-refractivity contribution is -0.149. The zero-order chi connectivity index (χ0) is 11.5. The molecule has 2 radical (unpaired) electrons. The summed E-state index contributed by atoms with van der Waals surface area (Å²) in [5.41, 5.74) is -1.22. The highest BCUT2D eigenvalue weighted by atomic mass is 16.6. The minimum Gasteiger partial charge on any atom is -0.454 e. The van der Waals surface area contributed by atoms with Gasteiger partial charge < -0.3 is 9.47 Å². The third kappa shape index (κ3) is 3.58. The first-order valence-electron chi connectivity index (χ1n) is 4.47. The van der Waals surface area contributed by atoms with Crippen LogP contribution in [0.15, 0.2) is 24.0 Å². The lowest BCUT2D eigenvalue weighted by atomic mass is 9.96. The summed E-state index contributed by atoms with van der Waals surface area (Å²) in [5, 5.41) is 0. The number of hydrogen-bond donors (Lipinski definition) is 0. The maximum Gasteiger partial charge on any atom is 0.308 e. The van der Waals surface area contributed by atoms with E-state index in [2.05, 4.69) is 0 Å². The maximum absolute atomic E-state index is 10.8. The Balaban J connectivity index is 2.77. The summed E-state index contributed by atoms with van der Waals surface area (Å²) >= 11 is 0. The fourth-order valence-electron chi connectivity index (χ4n) is 1.28. The third-order valence-electron chi connectivity index (χ3n) is 1.70. The van der Waals surface area contributed by atoms with Crippen LogP contribution in [-0.4, -0.2) is 17.5 Å². The van der Waals surface area contributed by atoms with Crippen LogP contribution in [0.1, 0.15) is 20.3 Å². The molecule has 0 fully saturated rings. The Bertz CT molecular complexity index is 340. The molecule has 1 rings (SSSR count). The highest BCUT2D eigenvalue weighted by molar-refractivity contribution is 5.68. The standard InChI is InChI=1S/C11H12O4/c1-8(12)14-10-5-4-6-11(3,7-10)15-9(2)13/h3-5,7H,6H2,1-2H3. The molecule has 1 aliphatic carbocycles. The van der Waals surface area contributed by atoms with E-state index in [1.807, 2.05) is 0 Å². The smallest absolute Gasteiger partial charge is 0.308 e. The van der Waals surface area contributed by atoms with Crippen LogP contribution in [0.25, 0.3) is 0 Å². The topological polar surface area (TPSA) is 52.6 Å². The number of carbonyl (C=O) groups is 2. The van der Waals surface area contributed by atoms with Gasteiger partial charge in [-0.25, -0.2) is 0 Å². The summed E-state index contributed by atoms with van der Waals surface area (Å²) in [5.74, 6) is -0.637. The third-order valence-corrected chi connectivity index (χ3v) is 1.70. The molecule has 0 spiro atoms. The maximum atomic E-state index is 10.8. The van der Waals surface area contributed by atoms with Crippen LogP contribution in [0.5, 0.6) is 0 Å². The molecule has 0 aromatic heterocycles. The Morgan fingerprint density at radius 2 is 2.07 bits per heavy atom. The molecule has 1 aliphatic rings. The summed E-state index contributed by atoms with van der Waals surface area (Å²) in [6, 6.07) is 0. The molecular formula is C11H12O4. The highest BCUT2D eigenvalue weighted by Crippen LogP contribution is 2.25. The number of rotatable bonds is 2. The van der Waals surface area contributed by atoms with Gasteiger partial charge >= 0.3 is 11.9 Å². The van der Waals surface area contributed by atoms with Crippen molar-refractivity contribution in [2.24, 2.45) is 0 Å². The van der Waals surface area contributed by atoms with Crippen molar-refractivity contribution in [2.45, 2.75) is 25.9 Å². The zero-order valence-electron chi connectivity index (χ0n) is 8.65. The van der Waals surface area contributed by atoms with Gasteiger partial charge in [-0.1, -0.05) is 6.08 Å². The summed E-state index contributed by atoms with van der Waals surface area (Å²) in [6.07, 6.45) is 5.06. The molecule has 0 N–H and O–H groups in total. The largest absolute Gasteiger partial charge is 0.454 e. The first-order chi connectivity index (χ1) is 6.91. The van der Waals surface area contributed by atoms with E-state index >= 15 is 0 Å². The van der Waals surface area contributed by atoms with Crippen molar-refractivity contribution in [1.82, 2.24) is 0 Å². The molecule has 0 heterocycles. The van der Waals surface area contributed by atoms with Gasteiger partial charge in [-0.15, -0.1) is 0 Å². The molecule has 0 aromatic rings. The Morgan fingerprint density at radius 1 is 1.40 bits per heavy atom. The van der Waals surface area contributed by atoms with Gasteiger partial charge in [0.2, 0.25) is 0 Å². The summed E-state index contributed by atoms with van der Waals surface area (Å²) in [4.78, 5) is 21.5. The van der Waals surface area contributed by atoms with E-state index in [-0.39, 0.29) is 5.76 Å². The molecule has 1 atom stereocenters. The van der Waals surface area contributed by atoms with E-state index in [0.29, 0.717) is 6.42 Å². The second-order valence-corrected chi connectivity index (χ2v) is 3.30. The first-order valence-corrected chi connectivity index (χ1v) is 4.47. The normalized spacial score (nSPS) is 24.3. The van der Waals surface area contributed by atoms with Gasteiger partial charge in [-0.05, 0) is 6.08 Å². The summed E-state index contributed by atoms with van der Waals surface area (Å²) in [7, 11) is 0. The minimum atomic E-state index is -1.22. The van der Waals surface area contributed by atoms with Crippen LogP contribution in [0.2, 0.25) is 0 Å². The second-order valence-electron chi connectivity index (χ2n) is 3.30. The van der Waals surface area contributed by atoms with Crippen molar-refractivity contribution in [3.05, 3.63) is 30.9 Å². The van der Waals surface area contributed by atoms with Gasteiger partial charge in [0.25, 0.3) is 0 Å². The molecular weight excluding hydrogens is 196 g/mol. The molecule has 0 saturated carbocycles. The van der Waals surface area contributed by atoms with E-state index in [1.165, 1.54) is 19.9 Å². The van der Waals surface area contributed by atoms with Crippen molar-refractivity contribution < 1.29 is 19.1 Å². The van der Waals surface area contributed by atoms with Gasteiger partial charge in [-0.2, -0.15) is 0 Å². The number of carbonyl (C=O) groups excluding carboxylic acids is 2. The van der Waals surface area contributed by atoms with E-state index in [1.54, 1.807) is 12.2 Å². The fourth-order valence-corrected chi connectivity index (χ4v) is 1.28. The average Bonchev–Trinajstić information content (AvgIpc) is 1.99. The predicted octanol–water partition coefficient (Wildman–Crippen LogP) is 1.41. The molecule has 80 valence electrons. The van der Waals surface area contributed by atoms with Gasteiger partial charge in [0.1, 0.15) is 11.4 Å². The first kappa shape index (κ1) is 11.5. The van der Waals surface area contributed by atoms with Crippen LogP contribution in [0.3, 0.4) is 0 Å². The van der Waals surface area contributed by atoms with E-state index < -0.39 is 17.5 Å². The van der Waals surface area contributed by atoms with Gasteiger partial charge in [0.15, 0.2) is 0 Å². The van der Waals surface area contributed by atoms with E-state index in [0.717, 1.165) is 0 Å². The number of esters is 2. The molecule has 0 bridgehead atoms. The molecule has 4 nitrogen and oxygen atoms in total. The molecule has 4 heteroatoms. The van der Waals surface area contributed by atoms with Crippen molar-refractivity contribution in [2.75, 3.05) is 0 Å². The minimum absolute atomic E-state index is 0.289. The van der Waals surface area contributed by atoms with Crippen molar-refractivity contribution >= 4 is 11.9 Å². The Kier molecular flexibility index (Phi) is 3.29. The molecule has 0 saturated heterocycles. The van der Waals surface area contributed by atoms with E-state index in [9.17, 15) is 9.59 Å². The average molecular weight is 208 g/mol. The molecule has 0 amide bonds. The van der Waals surface area contributed by atoms with Gasteiger partial charge in [-0.3, -0.25) is 9.59 Å². The van der Waals surface area contributed by atoms with Crippen molar-refractivity contribution in [1.29, 1.82) is 0 Å². The number of hydrogen-bond acceptors (Lipinski definition) is 4.